The van der Waals surface area contributed by atoms with Crippen LogP contribution in [0.5, 0.6) is 0 Å². The first-order chi connectivity index (χ1) is 5.59. The molecule has 1 atom stereocenters. The molecule has 0 aliphatic carbocycles. The summed E-state index contributed by atoms with van der Waals surface area (Å²) in [5, 5.41) is 5.58. The van der Waals surface area contributed by atoms with E-state index in [1.54, 1.807) is 11.3 Å². The van der Waals surface area contributed by atoms with Gasteiger partial charge in [0.15, 0.2) is 0 Å². The van der Waals surface area contributed by atoms with Crippen molar-refractivity contribution in [1.82, 2.24) is 5.32 Å². The Morgan fingerprint density at radius 1 is 1.42 bits per heavy atom. The van der Waals surface area contributed by atoms with Gasteiger partial charge in [-0.25, -0.2) is 0 Å². The molecule has 1 nitrogen and oxygen atoms in total. The molecule has 0 radical (unpaired) electrons. The number of hydrogen-bond donors (Lipinski definition) is 1. The fourth-order valence-electron chi connectivity index (χ4n) is 1.14. The zero-order valence-electron chi connectivity index (χ0n) is 7.60. The van der Waals surface area contributed by atoms with Crippen molar-refractivity contribution in [2.24, 2.45) is 0 Å². The Morgan fingerprint density at radius 3 is 2.50 bits per heavy atom. The lowest BCUT2D eigenvalue weighted by Crippen LogP contribution is -2.25. The van der Waals surface area contributed by atoms with Gasteiger partial charge in [-0.3, -0.25) is 0 Å². The average molecular weight is 248 g/mol. The summed E-state index contributed by atoms with van der Waals surface area (Å²) in [7, 11) is 0. The first kappa shape index (κ1) is 10.2. The maximum absolute atomic E-state index is 3.46. The summed E-state index contributed by atoms with van der Waals surface area (Å²) in [5.41, 5.74) is 0. The molecular formula is C9H14BrNS. The van der Waals surface area contributed by atoms with Crippen LogP contribution in [0.15, 0.2) is 15.9 Å². The molecule has 3 heteroatoms. The molecule has 0 spiro atoms. The highest BCUT2D eigenvalue weighted by Crippen LogP contribution is 2.25. The van der Waals surface area contributed by atoms with Gasteiger partial charge in [0.25, 0.3) is 0 Å². The molecule has 0 bridgehead atoms. The molecule has 0 saturated carbocycles. The van der Waals surface area contributed by atoms with Gasteiger partial charge in [-0.05, 0) is 28.9 Å². The Kier molecular flexibility index (Phi) is 3.75. The van der Waals surface area contributed by atoms with Crippen LogP contribution in [0.4, 0.5) is 0 Å². The van der Waals surface area contributed by atoms with Crippen LogP contribution in [0.3, 0.4) is 0 Å². The molecule has 12 heavy (non-hydrogen) atoms. The highest BCUT2D eigenvalue weighted by Gasteiger charge is 2.07. The van der Waals surface area contributed by atoms with E-state index in [9.17, 15) is 0 Å². The first-order valence-corrected chi connectivity index (χ1v) is 5.77. The van der Waals surface area contributed by atoms with Gasteiger partial charge in [0.1, 0.15) is 0 Å². The topological polar surface area (TPSA) is 12.0 Å². The third kappa shape index (κ3) is 2.88. The summed E-state index contributed by atoms with van der Waals surface area (Å²) >= 11 is 5.24. The number of rotatable bonds is 3. The highest BCUT2D eigenvalue weighted by molar-refractivity contribution is 9.10. The minimum Gasteiger partial charge on any atom is -0.307 e. The van der Waals surface area contributed by atoms with Crippen LogP contribution in [-0.4, -0.2) is 6.04 Å². The van der Waals surface area contributed by atoms with E-state index in [0.717, 1.165) is 0 Å². The minimum absolute atomic E-state index is 0.460. The van der Waals surface area contributed by atoms with E-state index in [0.29, 0.717) is 12.1 Å². The second-order valence-corrected chi connectivity index (χ2v) is 5.07. The van der Waals surface area contributed by atoms with Gasteiger partial charge in [-0.2, -0.15) is 0 Å². The van der Waals surface area contributed by atoms with E-state index in [1.807, 2.05) is 0 Å². The van der Waals surface area contributed by atoms with Gasteiger partial charge in [0.2, 0.25) is 0 Å². The van der Waals surface area contributed by atoms with Crippen LogP contribution in [0, 0.1) is 0 Å². The second kappa shape index (κ2) is 4.40. The van der Waals surface area contributed by atoms with Crippen molar-refractivity contribution >= 4 is 27.3 Å². The van der Waals surface area contributed by atoms with Crippen LogP contribution >= 0.6 is 27.3 Å². The second-order valence-electron chi connectivity index (χ2n) is 3.21. The molecule has 0 saturated heterocycles. The minimum atomic E-state index is 0.460. The molecule has 0 aliphatic heterocycles. The number of hydrogen-bond acceptors (Lipinski definition) is 2. The predicted octanol–water partition coefficient (Wildman–Crippen LogP) is 3.57. The van der Waals surface area contributed by atoms with Crippen LogP contribution in [0.2, 0.25) is 0 Å². The van der Waals surface area contributed by atoms with Gasteiger partial charge in [-0.1, -0.05) is 13.8 Å². The van der Waals surface area contributed by atoms with Crippen LogP contribution in [-0.2, 0) is 0 Å². The largest absolute Gasteiger partial charge is 0.307 e. The molecule has 0 aromatic carbocycles. The molecule has 1 N–H and O–H groups in total. The fraction of sp³-hybridized carbons (Fsp3) is 0.556. The third-order valence-corrected chi connectivity index (χ3v) is 3.47. The van der Waals surface area contributed by atoms with Crippen molar-refractivity contribution in [3.05, 3.63) is 20.8 Å². The highest BCUT2D eigenvalue weighted by atomic mass is 79.9. The van der Waals surface area contributed by atoms with Crippen molar-refractivity contribution in [3.63, 3.8) is 0 Å². The van der Waals surface area contributed by atoms with Gasteiger partial charge >= 0.3 is 0 Å². The van der Waals surface area contributed by atoms with Crippen molar-refractivity contribution in [1.29, 1.82) is 0 Å². The summed E-state index contributed by atoms with van der Waals surface area (Å²) in [6.45, 7) is 6.52. The van der Waals surface area contributed by atoms with Crippen LogP contribution in [0.25, 0.3) is 0 Å². The van der Waals surface area contributed by atoms with Crippen molar-refractivity contribution in [2.75, 3.05) is 0 Å². The standard InChI is InChI=1S/C9H14BrNS/c1-6(2)11-7(3)9-4-8(10)5-12-9/h4-7,11H,1-3H3. The molecule has 68 valence electrons. The molecule has 0 fully saturated rings. The van der Waals surface area contributed by atoms with Crippen LogP contribution in [0.1, 0.15) is 31.7 Å². The van der Waals surface area contributed by atoms with E-state index in [-0.39, 0.29) is 0 Å². The van der Waals surface area contributed by atoms with Gasteiger partial charge in [0, 0.05) is 26.8 Å². The molecule has 1 heterocycles. The normalized spacial score (nSPS) is 13.8. The monoisotopic (exact) mass is 247 g/mol. The zero-order chi connectivity index (χ0) is 9.14. The summed E-state index contributed by atoms with van der Waals surface area (Å²) in [6, 6.07) is 3.17. The Hall–Kier alpha value is 0.140. The summed E-state index contributed by atoms with van der Waals surface area (Å²) < 4.78 is 1.18. The number of nitrogens with one attached hydrogen (secondary N) is 1. The maximum atomic E-state index is 3.46. The third-order valence-electron chi connectivity index (χ3n) is 1.60. The lowest BCUT2D eigenvalue weighted by atomic mass is 10.2. The Morgan fingerprint density at radius 2 is 2.08 bits per heavy atom. The maximum Gasteiger partial charge on any atom is 0.0388 e. The lowest BCUT2D eigenvalue weighted by molar-refractivity contribution is 0.512. The zero-order valence-corrected chi connectivity index (χ0v) is 10.00. The molecular weight excluding hydrogens is 234 g/mol. The van der Waals surface area contributed by atoms with Crippen molar-refractivity contribution < 1.29 is 0 Å². The number of halogens is 1. The fourth-order valence-corrected chi connectivity index (χ4v) is 2.60. The van der Waals surface area contributed by atoms with Gasteiger partial charge < -0.3 is 5.32 Å². The van der Waals surface area contributed by atoms with E-state index >= 15 is 0 Å². The Balaban J connectivity index is 2.58. The molecule has 1 aromatic rings. The average Bonchev–Trinajstić information content (AvgIpc) is 2.34. The molecule has 0 aliphatic rings. The van der Waals surface area contributed by atoms with Gasteiger partial charge in [-0.15, -0.1) is 11.3 Å². The summed E-state index contributed by atoms with van der Waals surface area (Å²) in [6.07, 6.45) is 0. The number of thiophene rings is 1. The van der Waals surface area contributed by atoms with Crippen molar-refractivity contribution in [3.8, 4) is 0 Å². The smallest absolute Gasteiger partial charge is 0.0388 e. The summed E-state index contributed by atoms with van der Waals surface area (Å²) in [4.78, 5) is 1.38. The van der Waals surface area contributed by atoms with Crippen LogP contribution < -0.4 is 5.32 Å². The quantitative estimate of drug-likeness (QED) is 0.862. The lowest BCUT2D eigenvalue weighted by Gasteiger charge is -2.14. The van der Waals surface area contributed by atoms with E-state index < -0.39 is 0 Å². The summed E-state index contributed by atoms with van der Waals surface area (Å²) in [5.74, 6) is 0. The Labute approximate surface area is 86.3 Å². The predicted molar refractivity (Wildman–Crippen MR) is 58.7 cm³/mol. The van der Waals surface area contributed by atoms with Gasteiger partial charge in [0.05, 0.1) is 0 Å². The SMILES string of the molecule is CC(C)NC(C)c1cc(Br)cs1. The molecule has 1 aromatic heterocycles. The molecule has 1 rings (SSSR count). The van der Waals surface area contributed by atoms with Crippen molar-refractivity contribution in [2.45, 2.75) is 32.9 Å². The van der Waals surface area contributed by atoms with E-state index in [1.165, 1.54) is 9.35 Å². The molecule has 0 amide bonds. The van der Waals surface area contributed by atoms with E-state index in [4.69, 9.17) is 0 Å². The van der Waals surface area contributed by atoms with E-state index in [2.05, 4.69) is 53.5 Å². The molecule has 1 unspecified atom stereocenters. The Bertz CT molecular complexity index is 244. The first-order valence-electron chi connectivity index (χ1n) is 4.09.